The number of hydrogen-bond acceptors (Lipinski definition) is 4. The van der Waals surface area contributed by atoms with Crippen LogP contribution in [0.25, 0.3) is 0 Å². The summed E-state index contributed by atoms with van der Waals surface area (Å²) in [6, 6.07) is 4.42. The molecule has 0 aromatic carbocycles. The molecule has 2 N–H and O–H groups in total. The molecule has 1 aromatic heterocycles. The van der Waals surface area contributed by atoms with Crippen LogP contribution in [0.4, 0.5) is 11.5 Å². The van der Waals surface area contributed by atoms with Gasteiger partial charge in [-0.25, -0.2) is 4.98 Å². The van der Waals surface area contributed by atoms with E-state index in [2.05, 4.69) is 16.0 Å². The molecule has 2 fully saturated rings. The summed E-state index contributed by atoms with van der Waals surface area (Å²) in [5.74, 6) is 1.62. The van der Waals surface area contributed by atoms with Crippen molar-refractivity contribution in [2.75, 3.05) is 17.2 Å². The minimum atomic E-state index is 0.542. The molecule has 1 saturated heterocycles. The molecule has 1 aromatic rings. The van der Waals surface area contributed by atoms with Gasteiger partial charge in [-0.2, -0.15) is 5.26 Å². The highest BCUT2D eigenvalue weighted by Crippen LogP contribution is 2.40. The highest BCUT2D eigenvalue weighted by atomic mass is 15.2. The standard InChI is InChI=1S/C14H18N4/c15-9-11-6-7-17-14(13(11)16)18-8-2-4-10-3-1-5-12(10)18/h6-7,10,12H,1-5,8,16H2. The van der Waals surface area contributed by atoms with Crippen molar-refractivity contribution in [3.8, 4) is 6.07 Å². The molecule has 3 rings (SSSR count). The van der Waals surface area contributed by atoms with Crippen molar-refractivity contribution in [3.05, 3.63) is 17.8 Å². The zero-order valence-corrected chi connectivity index (χ0v) is 10.5. The lowest BCUT2D eigenvalue weighted by atomic mass is 9.92. The third-order valence-corrected chi connectivity index (χ3v) is 4.35. The monoisotopic (exact) mass is 242 g/mol. The van der Waals surface area contributed by atoms with Crippen LogP contribution in [0.2, 0.25) is 0 Å². The number of pyridine rings is 1. The fourth-order valence-electron chi connectivity index (χ4n) is 3.51. The number of aromatic nitrogens is 1. The predicted molar refractivity (Wildman–Crippen MR) is 71.1 cm³/mol. The Kier molecular flexibility index (Phi) is 2.83. The van der Waals surface area contributed by atoms with Gasteiger partial charge in [0.15, 0.2) is 5.82 Å². The van der Waals surface area contributed by atoms with E-state index in [4.69, 9.17) is 11.0 Å². The first-order valence-corrected chi connectivity index (χ1v) is 6.72. The van der Waals surface area contributed by atoms with E-state index in [9.17, 15) is 0 Å². The second kappa shape index (κ2) is 4.49. The van der Waals surface area contributed by atoms with Crippen LogP contribution in [0, 0.1) is 17.2 Å². The molecule has 1 aliphatic carbocycles. The molecule has 4 nitrogen and oxygen atoms in total. The van der Waals surface area contributed by atoms with Crippen molar-refractivity contribution in [3.63, 3.8) is 0 Å². The summed E-state index contributed by atoms with van der Waals surface area (Å²) < 4.78 is 0. The summed E-state index contributed by atoms with van der Waals surface area (Å²) >= 11 is 0. The summed E-state index contributed by atoms with van der Waals surface area (Å²) in [6.45, 7) is 1.02. The molecule has 2 aliphatic rings. The van der Waals surface area contributed by atoms with Gasteiger partial charge in [0.25, 0.3) is 0 Å². The number of hydrogen-bond donors (Lipinski definition) is 1. The molecule has 1 saturated carbocycles. The average molecular weight is 242 g/mol. The molecule has 18 heavy (non-hydrogen) atoms. The first kappa shape index (κ1) is 11.3. The zero-order chi connectivity index (χ0) is 12.5. The number of anilines is 2. The van der Waals surface area contributed by atoms with Gasteiger partial charge in [0, 0.05) is 18.8 Å². The van der Waals surface area contributed by atoms with E-state index in [1.165, 1.54) is 32.1 Å². The van der Waals surface area contributed by atoms with E-state index in [1.807, 2.05) is 0 Å². The highest BCUT2D eigenvalue weighted by Gasteiger charge is 2.36. The molecule has 94 valence electrons. The normalized spacial score (nSPS) is 26.7. The maximum Gasteiger partial charge on any atom is 0.153 e. The van der Waals surface area contributed by atoms with Gasteiger partial charge in [0.05, 0.1) is 11.3 Å². The molecule has 0 radical (unpaired) electrons. The Morgan fingerprint density at radius 2 is 2.17 bits per heavy atom. The van der Waals surface area contributed by atoms with E-state index in [1.54, 1.807) is 12.3 Å². The molecule has 2 atom stereocenters. The predicted octanol–water partition coefficient (Wildman–Crippen LogP) is 2.30. The Morgan fingerprint density at radius 3 is 3.00 bits per heavy atom. The van der Waals surface area contributed by atoms with Crippen LogP contribution >= 0.6 is 0 Å². The second-order valence-electron chi connectivity index (χ2n) is 5.30. The van der Waals surface area contributed by atoms with Gasteiger partial charge in [0.1, 0.15) is 6.07 Å². The van der Waals surface area contributed by atoms with E-state index in [-0.39, 0.29) is 0 Å². The molecule has 2 heterocycles. The molecule has 0 amide bonds. The average Bonchev–Trinajstić information content (AvgIpc) is 2.87. The summed E-state index contributed by atoms with van der Waals surface area (Å²) in [6.07, 6.45) is 8.12. The van der Waals surface area contributed by atoms with Crippen LogP contribution in [-0.4, -0.2) is 17.6 Å². The SMILES string of the molecule is N#Cc1ccnc(N2CCCC3CCCC32)c1N. The maximum atomic E-state index is 9.05. The Bertz CT molecular complexity index is 491. The second-order valence-corrected chi connectivity index (χ2v) is 5.30. The van der Waals surface area contributed by atoms with Crippen LogP contribution in [0.1, 0.15) is 37.7 Å². The van der Waals surface area contributed by atoms with E-state index in [0.717, 1.165) is 18.3 Å². The number of fused-ring (bicyclic) bond motifs is 1. The van der Waals surface area contributed by atoms with Gasteiger partial charge in [-0.1, -0.05) is 6.42 Å². The van der Waals surface area contributed by atoms with Gasteiger partial charge >= 0.3 is 0 Å². The zero-order valence-electron chi connectivity index (χ0n) is 10.5. The van der Waals surface area contributed by atoms with Gasteiger partial charge in [-0.05, 0) is 37.7 Å². The first-order chi connectivity index (χ1) is 8.81. The molecular weight excluding hydrogens is 224 g/mol. The Morgan fingerprint density at radius 1 is 1.33 bits per heavy atom. The Hall–Kier alpha value is -1.76. The molecule has 2 unspecified atom stereocenters. The Labute approximate surface area is 107 Å². The minimum Gasteiger partial charge on any atom is -0.395 e. The summed E-state index contributed by atoms with van der Waals surface area (Å²) in [5, 5.41) is 9.05. The van der Waals surface area contributed by atoms with Gasteiger partial charge in [0.2, 0.25) is 0 Å². The summed E-state index contributed by atoms with van der Waals surface area (Å²) in [7, 11) is 0. The minimum absolute atomic E-state index is 0.542. The van der Waals surface area contributed by atoms with Gasteiger partial charge in [-0.15, -0.1) is 0 Å². The summed E-state index contributed by atoms with van der Waals surface area (Å²) in [5.41, 5.74) is 7.17. The molecule has 4 heteroatoms. The smallest absolute Gasteiger partial charge is 0.153 e. The lowest BCUT2D eigenvalue weighted by Gasteiger charge is -2.39. The van der Waals surface area contributed by atoms with Crippen molar-refractivity contribution in [1.29, 1.82) is 5.26 Å². The van der Waals surface area contributed by atoms with Crippen LogP contribution in [-0.2, 0) is 0 Å². The third-order valence-electron chi connectivity index (χ3n) is 4.35. The molecule has 0 bridgehead atoms. The summed E-state index contributed by atoms with van der Waals surface area (Å²) in [4.78, 5) is 6.77. The molecule has 0 spiro atoms. The van der Waals surface area contributed by atoms with Gasteiger partial charge < -0.3 is 10.6 Å². The topological polar surface area (TPSA) is 65.9 Å². The van der Waals surface area contributed by atoms with Gasteiger partial charge in [-0.3, -0.25) is 0 Å². The van der Waals surface area contributed by atoms with Crippen molar-refractivity contribution in [2.24, 2.45) is 5.92 Å². The van der Waals surface area contributed by atoms with Crippen LogP contribution in [0.5, 0.6) is 0 Å². The number of nitriles is 1. The van der Waals surface area contributed by atoms with E-state index >= 15 is 0 Å². The highest BCUT2D eigenvalue weighted by molar-refractivity contribution is 5.70. The van der Waals surface area contributed by atoms with Crippen molar-refractivity contribution in [2.45, 2.75) is 38.1 Å². The van der Waals surface area contributed by atoms with Crippen LogP contribution in [0.15, 0.2) is 12.3 Å². The van der Waals surface area contributed by atoms with Crippen LogP contribution < -0.4 is 10.6 Å². The number of rotatable bonds is 1. The first-order valence-electron chi connectivity index (χ1n) is 6.72. The van der Waals surface area contributed by atoms with E-state index in [0.29, 0.717) is 17.3 Å². The molecular formula is C14H18N4. The fourth-order valence-corrected chi connectivity index (χ4v) is 3.51. The van der Waals surface area contributed by atoms with E-state index < -0.39 is 0 Å². The number of nitrogen functional groups attached to an aromatic ring is 1. The van der Waals surface area contributed by atoms with Crippen molar-refractivity contribution >= 4 is 11.5 Å². The third kappa shape index (κ3) is 1.71. The van der Waals surface area contributed by atoms with Crippen molar-refractivity contribution < 1.29 is 0 Å². The number of piperidine rings is 1. The largest absolute Gasteiger partial charge is 0.395 e. The lowest BCUT2D eigenvalue weighted by Crippen LogP contribution is -2.43. The lowest BCUT2D eigenvalue weighted by molar-refractivity contribution is 0.361. The molecule has 1 aliphatic heterocycles. The fraction of sp³-hybridized carbons (Fsp3) is 0.571. The Balaban J connectivity index is 1.97. The number of nitrogens with zero attached hydrogens (tertiary/aromatic N) is 3. The number of nitrogens with two attached hydrogens (primary N) is 1. The van der Waals surface area contributed by atoms with Crippen molar-refractivity contribution in [1.82, 2.24) is 4.98 Å². The quantitative estimate of drug-likeness (QED) is 0.820. The maximum absolute atomic E-state index is 9.05. The van der Waals surface area contributed by atoms with Crippen LogP contribution in [0.3, 0.4) is 0 Å².